The van der Waals surface area contributed by atoms with Crippen molar-refractivity contribution < 1.29 is 27.5 Å². The van der Waals surface area contributed by atoms with Gasteiger partial charge >= 0.3 is 6.18 Å². The minimum atomic E-state index is -4.73. The van der Waals surface area contributed by atoms with Gasteiger partial charge in [-0.2, -0.15) is 18.4 Å². The number of aromatic nitrogens is 2. The number of aryl methyl sites for hydroxylation is 1. The van der Waals surface area contributed by atoms with Gasteiger partial charge in [0.05, 0.1) is 24.3 Å². The molecule has 7 nitrogen and oxygen atoms in total. The number of fused-ring (bicyclic) bond motifs is 1. The molecule has 0 N–H and O–H groups in total. The zero-order valence-corrected chi connectivity index (χ0v) is 21.7. The number of hydrogen-bond acceptors (Lipinski definition) is 5. The predicted octanol–water partition coefficient (Wildman–Crippen LogP) is 5.26. The summed E-state index contributed by atoms with van der Waals surface area (Å²) in [5, 5.41) is 9.26. The number of methoxy groups -OCH3 is 1. The number of piperidine rings is 1. The van der Waals surface area contributed by atoms with Gasteiger partial charge in [0.1, 0.15) is 11.4 Å². The molecule has 0 unspecified atom stereocenters. The van der Waals surface area contributed by atoms with Crippen LogP contribution in [-0.2, 0) is 24.4 Å². The van der Waals surface area contributed by atoms with E-state index in [1.807, 2.05) is 19.9 Å². The molecular weight excluding hydrogens is 497 g/mol. The summed E-state index contributed by atoms with van der Waals surface area (Å²) in [7, 11) is 3.03. The van der Waals surface area contributed by atoms with E-state index in [0.29, 0.717) is 31.5 Å². The molecule has 38 heavy (non-hydrogen) atoms. The molecule has 2 aromatic heterocycles. The van der Waals surface area contributed by atoms with Gasteiger partial charge in [-0.1, -0.05) is 13.8 Å². The number of amides is 1. The maximum Gasteiger partial charge on any atom is 0.417 e. The number of likely N-dealkylation sites (tertiary alicyclic amines) is 1. The predicted molar refractivity (Wildman–Crippen MR) is 135 cm³/mol. The molecule has 1 aliphatic rings. The van der Waals surface area contributed by atoms with Gasteiger partial charge < -0.3 is 14.2 Å². The Hall–Kier alpha value is -3.87. The van der Waals surface area contributed by atoms with E-state index in [2.05, 4.69) is 4.98 Å². The standard InChI is InChI=1S/C28H29F3N4O3/c1-16(2)27(37)35-7-5-18(6-8-35)22-15-34(3)26-24(22)25(28(29,30)31)20(14-33-26)12-23(36)19-9-17(13-32)10-21(11-19)38-4/h9-11,14-16,18H,5-8,12H2,1-4H3. The van der Waals surface area contributed by atoms with Gasteiger partial charge in [-0.05, 0) is 48.1 Å². The molecule has 1 amide bonds. The number of rotatable bonds is 6. The van der Waals surface area contributed by atoms with Gasteiger partial charge in [-0.25, -0.2) is 4.98 Å². The van der Waals surface area contributed by atoms with Crippen LogP contribution in [0.3, 0.4) is 0 Å². The first kappa shape index (κ1) is 27.2. The van der Waals surface area contributed by atoms with Crippen molar-refractivity contribution in [1.82, 2.24) is 14.5 Å². The van der Waals surface area contributed by atoms with Crippen molar-refractivity contribution in [2.75, 3.05) is 20.2 Å². The summed E-state index contributed by atoms with van der Waals surface area (Å²) >= 11 is 0. The molecule has 200 valence electrons. The number of Topliss-reactive ketones (excluding diaryl/α,β-unsaturated/α-hetero) is 1. The molecule has 1 fully saturated rings. The fraction of sp³-hybridized carbons (Fsp3) is 0.429. The van der Waals surface area contributed by atoms with E-state index in [0.717, 1.165) is 6.20 Å². The molecule has 0 saturated carbocycles. The van der Waals surface area contributed by atoms with Crippen molar-refractivity contribution in [3.63, 3.8) is 0 Å². The maximum absolute atomic E-state index is 14.6. The molecule has 1 aliphatic heterocycles. The Morgan fingerprint density at radius 3 is 2.47 bits per heavy atom. The number of pyridine rings is 1. The van der Waals surface area contributed by atoms with Crippen molar-refractivity contribution in [1.29, 1.82) is 5.26 Å². The molecule has 0 spiro atoms. The quantitative estimate of drug-likeness (QED) is 0.409. The normalized spacial score (nSPS) is 14.7. The fourth-order valence-corrected chi connectivity index (χ4v) is 5.18. The van der Waals surface area contributed by atoms with Crippen LogP contribution in [0, 0.1) is 17.2 Å². The zero-order chi connectivity index (χ0) is 27.8. The van der Waals surface area contributed by atoms with Crippen molar-refractivity contribution in [2.45, 2.75) is 45.2 Å². The third-order valence-corrected chi connectivity index (χ3v) is 7.06. The van der Waals surface area contributed by atoms with E-state index in [4.69, 9.17) is 4.74 Å². The lowest BCUT2D eigenvalue weighted by atomic mass is 9.87. The van der Waals surface area contributed by atoms with Crippen molar-refractivity contribution in [3.8, 4) is 11.8 Å². The number of ether oxygens (including phenoxy) is 1. The lowest BCUT2D eigenvalue weighted by Crippen LogP contribution is -2.40. The van der Waals surface area contributed by atoms with Gasteiger partial charge in [0.25, 0.3) is 0 Å². The molecule has 10 heteroatoms. The summed E-state index contributed by atoms with van der Waals surface area (Å²) in [6.45, 7) is 4.61. The average molecular weight is 527 g/mol. The molecule has 1 saturated heterocycles. The number of ketones is 1. The van der Waals surface area contributed by atoms with Crippen molar-refractivity contribution in [2.24, 2.45) is 13.0 Å². The van der Waals surface area contributed by atoms with E-state index < -0.39 is 23.9 Å². The summed E-state index contributed by atoms with van der Waals surface area (Å²) in [4.78, 5) is 31.6. The minimum Gasteiger partial charge on any atom is -0.497 e. The topological polar surface area (TPSA) is 88.2 Å². The summed E-state index contributed by atoms with van der Waals surface area (Å²) in [6, 6.07) is 6.12. The van der Waals surface area contributed by atoms with Gasteiger partial charge in [0, 0.05) is 55.8 Å². The largest absolute Gasteiger partial charge is 0.497 e. The SMILES string of the molecule is COc1cc(C#N)cc(C(=O)Cc2cnc3c(c(C4CCN(C(=O)C(C)C)CC4)cn3C)c2C(F)(F)F)c1. The van der Waals surface area contributed by atoms with Crippen LogP contribution in [0.2, 0.25) is 0 Å². The molecule has 0 aliphatic carbocycles. The number of carbonyl (C=O) groups is 2. The van der Waals surface area contributed by atoms with Crippen molar-refractivity contribution >= 4 is 22.7 Å². The highest BCUT2D eigenvalue weighted by Gasteiger charge is 2.39. The first-order valence-electron chi connectivity index (χ1n) is 12.4. The van der Waals surface area contributed by atoms with E-state index >= 15 is 0 Å². The highest BCUT2D eigenvalue weighted by Crippen LogP contribution is 2.43. The second-order valence-electron chi connectivity index (χ2n) is 9.97. The summed E-state index contributed by atoms with van der Waals surface area (Å²) < 4.78 is 50.6. The summed E-state index contributed by atoms with van der Waals surface area (Å²) in [5.74, 6) is -0.592. The van der Waals surface area contributed by atoms with Crippen LogP contribution in [0.5, 0.6) is 5.75 Å². The smallest absolute Gasteiger partial charge is 0.417 e. The Kier molecular flexibility index (Phi) is 7.49. The van der Waals surface area contributed by atoms with E-state index in [1.54, 1.807) is 22.7 Å². The Labute approximate surface area is 218 Å². The molecule has 1 aromatic carbocycles. The van der Waals surface area contributed by atoms with Gasteiger partial charge in [-0.3, -0.25) is 9.59 Å². The van der Waals surface area contributed by atoms with Crippen LogP contribution in [-0.4, -0.2) is 46.3 Å². The van der Waals surface area contributed by atoms with E-state index in [1.165, 1.54) is 25.3 Å². The Morgan fingerprint density at radius 2 is 1.89 bits per heavy atom. The summed E-state index contributed by atoms with van der Waals surface area (Å²) in [6.07, 6.45) is -1.39. The maximum atomic E-state index is 14.6. The van der Waals surface area contributed by atoms with Crippen LogP contribution < -0.4 is 4.74 Å². The van der Waals surface area contributed by atoms with Crippen LogP contribution in [0.4, 0.5) is 13.2 Å². The van der Waals surface area contributed by atoms with Gasteiger partial charge in [0.15, 0.2) is 5.78 Å². The fourth-order valence-electron chi connectivity index (χ4n) is 5.18. The number of carbonyl (C=O) groups excluding carboxylic acids is 2. The number of halogens is 3. The summed E-state index contributed by atoms with van der Waals surface area (Å²) in [5.41, 5.74) is -0.111. The number of nitrogens with zero attached hydrogens (tertiary/aromatic N) is 4. The Morgan fingerprint density at radius 1 is 1.21 bits per heavy atom. The zero-order valence-electron chi connectivity index (χ0n) is 21.7. The van der Waals surface area contributed by atoms with E-state index in [9.17, 15) is 28.0 Å². The van der Waals surface area contributed by atoms with Crippen LogP contribution in [0.15, 0.2) is 30.6 Å². The average Bonchev–Trinajstić information content (AvgIpc) is 3.22. The number of benzene rings is 1. The second-order valence-corrected chi connectivity index (χ2v) is 9.97. The highest BCUT2D eigenvalue weighted by atomic mass is 19.4. The first-order valence-corrected chi connectivity index (χ1v) is 12.4. The van der Waals surface area contributed by atoms with Crippen LogP contribution >= 0.6 is 0 Å². The lowest BCUT2D eigenvalue weighted by molar-refractivity contribution is -0.137. The Bertz CT molecular complexity index is 1430. The van der Waals surface area contributed by atoms with Crippen molar-refractivity contribution in [3.05, 3.63) is 58.4 Å². The molecule has 4 rings (SSSR count). The first-order chi connectivity index (χ1) is 17.9. The van der Waals surface area contributed by atoms with E-state index in [-0.39, 0.29) is 51.2 Å². The number of nitriles is 1. The molecule has 0 atom stereocenters. The van der Waals surface area contributed by atoms with Gasteiger partial charge in [0.2, 0.25) is 5.91 Å². The van der Waals surface area contributed by atoms with Gasteiger partial charge in [-0.15, -0.1) is 0 Å². The molecule has 3 heterocycles. The molecule has 0 radical (unpaired) electrons. The molecule has 3 aromatic rings. The number of hydrogen-bond donors (Lipinski definition) is 0. The third kappa shape index (κ3) is 5.23. The monoisotopic (exact) mass is 526 g/mol. The molecule has 0 bridgehead atoms. The molecular formula is C28H29F3N4O3. The highest BCUT2D eigenvalue weighted by molar-refractivity contribution is 5.99. The second kappa shape index (κ2) is 10.5. The third-order valence-electron chi connectivity index (χ3n) is 7.06. The number of alkyl halides is 3. The van der Waals surface area contributed by atoms with Crippen LogP contribution in [0.25, 0.3) is 11.0 Å². The minimum absolute atomic E-state index is 0.00212. The Balaban J connectivity index is 1.75. The van der Waals surface area contributed by atoms with Crippen LogP contribution in [0.1, 0.15) is 65.2 Å². The lowest BCUT2D eigenvalue weighted by Gasteiger charge is -2.33.